The lowest BCUT2D eigenvalue weighted by Crippen LogP contribution is -2.54. The lowest BCUT2D eigenvalue weighted by atomic mass is 10.0. The van der Waals surface area contributed by atoms with Gasteiger partial charge in [-0.25, -0.2) is 4.79 Å². The molecule has 0 aromatic carbocycles. The average molecular weight is 434 g/mol. The summed E-state index contributed by atoms with van der Waals surface area (Å²) in [5.74, 6) is -3.49. The molecule has 3 unspecified atom stereocenters. The van der Waals surface area contributed by atoms with Crippen LogP contribution in [0.5, 0.6) is 0 Å². The Labute approximate surface area is 174 Å². The van der Waals surface area contributed by atoms with Crippen molar-refractivity contribution in [2.75, 3.05) is 18.6 Å². The molecule has 0 saturated heterocycles. The van der Waals surface area contributed by atoms with Gasteiger partial charge >= 0.3 is 5.97 Å². The highest BCUT2D eigenvalue weighted by Crippen LogP contribution is 2.03. The topological polar surface area (TPSA) is 194 Å². The first-order chi connectivity index (χ1) is 13.5. The van der Waals surface area contributed by atoms with Crippen molar-refractivity contribution in [1.82, 2.24) is 16.0 Å². The van der Waals surface area contributed by atoms with E-state index in [1.165, 1.54) is 11.8 Å². The van der Waals surface area contributed by atoms with Crippen LogP contribution < -0.4 is 27.4 Å². The van der Waals surface area contributed by atoms with E-state index >= 15 is 0 Å². The first kappa shape index (κ1) is 26.7. The minimum Gasteiger partial charge on any atom is -0.480 e. The second-order valence-electron chi connectivity index (χ2n) is 6.80. The SMILES string of the molecule is CSCCC(N)C(=O)NC(CCC(N)=O)C(=O)NCC(=O)NC(C(=O)O)C(C)C. The van der Waals surface area contributed by atoms with Crippen LogP contribution >= 0.6 is 11.8 Å². The largest absolute Gasteiger partial charge is 0.480 e. The number of carbonyl (C=O) groups is 5. The molecule has 0 rings (SSSR count). The predicted molar refractivity (Wildman–Crippen MR) is 109 cm³/mol. The third kappa shape index (κ3) is 11.3. The molecule has 8 N–H and O–H groups in total. The standard InChI is InChI=1S/C17H31N5O6S/c1-9(2)14(17(27)28)22-13(24)8-20-16(26)11(4-5-12(19)23)21-15(25)10(18)6-7-29-3/h9-11,14H,4-8,18H2,1-3H3,(H2,19,23)(H,20,26)(H,21,25)(H,22,24)(H,27,28). The summed E-state index contributed by atoms with van der Waals surface area (Å²) < 4.78 is 0. The molecular weight excluding hydrogens is 402 g/mol. The molecule has 0 fully saturated rings. The molecule has 0 heterocycles. The van der Waals surface area contributed by atoms with Gasteiger partial charge in [-0.05, 0) is 30.8 Å². The van der Waals surface area contributed by atoms with Crippen LogP contribution in [0.25, 0.3) is 0 Å². The number of primary amides is 1. The Morgan fingerprint density at radius 3 is 2.14 bits per heavy atom. The van der Waals surface area contributed by atoms with E-state index in [0.29, 0.717) is 12.2 Å². The van der Waals surface area contributed by atoms with Crippen molar-refractivity contribution < 1.29 is 29.1 Å². The van der Waals surface area contributed by atoms with Crippen LogP contribution in [0.15, 0.2) is 0 Å². The lowest BCUT2D eigenvalue weighted by molar-refractivity contribution is -0.143. The normalized spacial score (nSPS) is 13.8. The van der Waals surface area contributed by atoms with E-state index in [4.69, 9.17) is 16.6 Å². The van der Waals surface area contributed by atoms with E-state index in [9.17, 15) is 24.0 Å². The molecule has 0 saturated carbocycles. The summed E-state index contributed by atoms with van der Waals surface area (Å²) in [7, 11) is 0. The highest BCUT2D eigenvalue weighted by molar-refractivity contribution is 7.98. The Balaban J connectivity index is 4.86. The Morgan fingerprint density at radius 1 is 1.03 bits per heavy atom. The molecule has 0 aliphatic rings. The van der Waals surface area contributed by atoms with Gasteiger partial charge in [-0.3, -0.25) is 19.2 Å². The van der Waals surface area contributed by atoms with E-state index in [-0.39, 0.29) is 18.8 Å². The first-order valence-corrected chi connectivity index (χ1v) is 10.5. The Bertz CT molecular complexity index is 601. The van der Waals surface area contributed by atoms with Crippen molar-refractivity contribution in [3.8, 4) is 0 Å². The molecule has 11 nitrogen and oxygen atoms in total. The van der Waals surface area contributed by atoms with E-state index < -0.39 is 54.3 Å². The quantitative estimate of drug-likeness (QED) is 0.184. The molecule has 0 spiro atoms. The predicted octanol–water partition coefficient (Wildman–Crippen LogP) is -1.84. The third-order valence-corrected chi connectivity index (χ3v) is 4.60. The molecule has 166 valence electrons. The van der Waals surface area contributed by atoms with Gasteiger partial charge in [0.15, 0.2) is 0 Å². The number of hydrogen-bond acceptors (Lipinski definition) is 7. The molecule has 0 aromatic rings. The maximum Gasteiger partial charge on any atom is 0.326 e. The van der Waals surface area contributed by atoms with Gasteiger partial charge in [-0.2, -0.15) is 11.8 Å². The average Bonchev–Trinajstić information content (AvgIpc) is 2.64. The summed E-state index contributed by atoms with van der Waals surface area (Å²) in [6.07, 6.45) is 2.06. The number of carboxylic acid groups (broad SMARTS) is 1. The van der Waals surface area contributed by atoms with Crippen molar-refractivity contribution in [3.63, 3.8) is 0 Å². The number of carboxylic acids is 1. The number of carbonyl (C=O) groups excluding carboxylic acids is 4. The van der Waals surface area contributed by atoms with Gasteiger partial charge < -0.3 is 32.5 Å². The Hall–Kier alpha value is -2.34. The summed E-state index contributed by atoms with van der Waals surface area (Å²) >= 11 is 1.52. The molecule has 0 bridgehead atoms. The van der Waals surface area contributed by atoms with Gasteiger partial charge in [0.1, 0.15) is 12.1 Å². The molecule has 0 aliphatic heterocycles. The number of aliphatic carboxylic acids is 1. The first-order valence-electron chi connectivity index (χ1n) is 9.12. The second-order valence-corrected chi connectivity index (χ2v) is 7.78. The number of rotatable bonds is 14. The van der Waals surface area contributed by atoms with Crippen LogP contribution in [-0.2, 0) is 24.0 Å². The molecule has 0 radical (unpaired) electrons. The number of thioether (sulfide) groups is 1. The van der Waals surface area contributed by atoms with E-state index in [2.05, 4.69) is 16.0 Å². The fourth-order valence-electron chi connectivity index (χ4n) is 2.24. The molecule has 12 heteroatoms. The number of amides is 4. The van der Waals surface area contributed by atoms with Gasteiger partial charge in [0.2, 0.25) is 23.6 Å². The molecule has 3 atom stereocenters. The van der Waals surface area contributed by atoms with Crippen LogP contribution in [-0.4, -0.2) is 71.4 Å². The van der Waals surface area contributed by atoms with Crippen LogP contribution in [0.1, 0.15) is 33.1 Å². The van der Waals surface area contributed by atoms with Gasteiger partial charge in [0, 0.05) is 6.42 Å². The van der Waals surface area contributed by atoms with Gasteiger partial charge in [-0.1, -0.05) is 13.8 Å². The number of nitrogens with one attached hydrogen (secondary N) is 3. The van der Waals surface area contributed by atoms with Gasteiger partial charge in [0.25, 0.3) is 0 Å². The van der Waals surface area contributed by atoms with Crippen LogP contribution in [0.4, 0.5) is 0 Å². The third-order valence-electron chi connectivity index (χ3n) is 3.95. The minimum absolute atomic E-state index is 0.0620. The zero-order valence-electron chi connectivity index (χ0n) is 16.9. The monoisotopic (exact) mass is 433 g/mol. The summed E-state index contributed by atoms with van der Waals surface area (Å²) in [6, 6.07) is -3.03. The van der Waals surface area contributed by atoms with Crippen molar-refractivity contribution >= 4 is 41.4 Å². The number of nitrogens with two attached hydrogens (primary N) is 2. The van der Waals surface area contributed by atoms with E-state index in [0.717, 1.165) is 0 Å². The molecule has 4 amide bonds. The summed E-state index contributed by atoms with van der Waals surface area (Å²) in [5, 5.41) is 16.2. The van der Waals surface area contributed by atoms with Crippen molar-refractivity contribution in [3.05, 3.63) is 0 Å². The molecule has 29 heavy (non-hydrogen) atoms. The lowest BCUT2D eigenvalue weighted by Gasteiger charge is -2.21. The zero-order chi connectivity index (χ0) is 22.6. The Morgan fingerprint density at radius 2 is 1.66 bits per heavy atom. The van der Waals surface area contributed by atoms with Gasteiger partial charge in [0.05, 0.1) is 12.6 Å². The van der Waals surface area contributed by atoms with Crippen molar-refractivity contribution in [1.29, 1.82) is 0 Å². The summed E-state index contributed by atoms with van der Waals surface area (Å²) in [5.41, 5.74) is 10.9. The smallest absolute Gasteiger partial charge is 0.326 e. The van der Waals surface area contributed by atoms with E-state index in [1.54, 1.807) is 13.8 Å². The maximum atomic E-state index is 12.4. The Kier molecular flexibility index (Phi) is 12.7. The fourth-order valence-corrected chi connectivity index (χ4v) is 2.73. The molecular formula is C17H31N5O6S. The number of hydrogen-bond donors (Lipinski definition) is 6. The fraction of sp³-hybridized carbons (Fsp3) is 0.706. The highest BCUT2D eigenvalue weighted by Gasteiger charge is 2.26. The van der Waals surface area contributed by atoms with Crippen LogP contribution in [0.3, 0.4) is 0 Å². The van der Waals surface area contributed by atoms with Crippen LogP contribution in [0.2, 0.25) is 0 Å². The zero-order valence-corrected chi connectivity index (χ0v) is 17.7. The van der Waals surface area contributed by atoms with Gasteiger partial charge in [-0.15, -0.1) is 0 Å². The second kappa shape index (κ2) is 13.8. The molecule has 0 aliphatic carbocycles. The summed E-state index contributed by atoms with van der Waals surface area (Å²) in [6.45, 7) is 2.78. The van der Waals surface area contributed by atoms with E-state index in [1.807, 2.05) is 6.26 Å². The molecule has 0 aromatic heterocycles. The highest BCUT2D eigenvalue weighted by atomic mass is 32.2. The van der Waals surface area contributed by atoms with Crippen molar-refractivity contribution in [2.45, 2.75) is 51.2 Å². The summed E-state index contributed by atoms with van der Waals surface area (Å²) in [4.78, 5) is 58.6. The maximum absolute atomic E-state index is 12.4. The van der Waals surface area contributed by atoms with Crippen LogP contribution in [0, 0.1) is 5.92 Å². The van der Waals surface area contributed by atoms with Crippen molar-refractivity contribution in [2.24, 2.45) is 17.4 Å². The minimum atomic E-state index is -1.19.